The van der Waals surface area contributed by atoms with E-state index < -0.39 is 6.43 Å². The number of pyridine rings is 1. The number of alkyl halides is 2. The molecule has 2 atom stereocenters. The van der Waals surface area contributed by atoms with Crippen molar-refractivity contribution in [1.29, 1.82) is 0 Å². The predicted molar refractivity (Wildman–Crippen MR) is 139 cm³/mol. The first-order valence-corrected chi connectivity index (χ1v) is 14.0. The van der Waals surface area contributed by atoms with Crippen molar-refractivity contribution in [2.45, 2.75) is 63.5 Å². The molecule has 4 saturated heterocycles. The van der Waals surface area contributed by atoms with Crippen molar-refractivity contribution in [3.05, 3.63) is 30.0 Å². The van der Waals surface area contributed by atoms with E-state index in [0.717, 1.165) is 102 Å². The van der Waals surface area contributed by atoms with Crippen molar-refractivity contribution in [1.82, 2.24) is 14.8 Å². The second kappa shape index (κ2) is 10.1. The third-order valence-electron chi connectivity index (χ3n) is 9.61. The molecule has 1 spiro atoms. The van der Waals surface area contributed by atoms with Crippen LogP contribution in [0, 0.1) is 5.41 Å². The predicted octanol–water partition coefficient (Wildman–Crippen LogP) is 3.64. The summed E-state index contributed by atoms with van der Waals surface area (Å²) in [5.74, 6) is 0.707. The van der Waals surface area contributed by atoms with E-state index in [1.807, 2.05) is 4.90 Å². The highest BCUT2D eigenvalue weighted by molar-refractivity contribution is 5.87. The van der Waals surface area contributed by atoms with Crippen LogP contribution in [-0.2, 0) is 16.0 Å². The molecule has 5 aliphatic heterocycles. The van der Waals surface area contributed by atoms with Crippen molar-refractivity contribution in [3.63, 3.8) is 0 Å². The van der Waals surface area contributed by atoms with Crippen LogP contribution < -0.4 is 9.80 Å². The van der Waals surface area contributed by atoms with E-state index >= 15 is 0 Å². The summed E-state index contributed by atoms with van der Waals surface area (Å²) >= 11 is 0. The first kappa shape index (κ1) is 25.0. The molecule has 0 radical (unpaired) electrons. The number of hydrogen-bond donors (Lipinski definition) is 0. The van der Waals surface area contributed by atoms with E-state index in [1.54, 1.807) is 0 Å². The van der Waals surface area contributed by atoms with Gasteiger partial charge in [0.15, 0.2) is 0 Å². The number of nitrogens with zero attached hydrogens (tertiary/aromatic N) is 5. The number of anilines is 2. The number of rotatable bonds is 4. The lowest BCUT2D eigenvalue weighted by molar-refractivity contribution is -0.128. The molecule has 202 valence electrons. The number of amides is 1. The van der Waals surface area contributed by atoms with Crippen LogP contribution >= 0.6 is 0 Å². The van der Waals surface area contributed by atoms with Crippen molar-refractivity contribution in [2.75, 3.05) is 68.8 Å². The van der Waals surface area contributed by atoms with Crippen LogP contribution in [0.1, 0.15) is 56.2 Å². The van der Waals surface area contributed by atoms with Gasteiger partial charge in [-0.05, 0) is 56.4 Å². The van der Waals surface area contributed by atoms with Gasteiger partial charge in [-0.25, -0.2) is 13.8 Å². The molecule has 0 aromatic carbocycles. The summed E-state index contributed by atoms with van der Waals surface area (Å²) in [6.07, 6.45) is 5.75. The highest BCUT2D eigenvalue weighted by Crippen LogP contribution is 2.44. The van der Waals surface area contributed by atoms with Crippen LogP contribution in [-0.4, -0.2) is 91.8 Å². The number of aromatic nitrogens is 1. The number of piperazine rings is 1. The van der Waals surface area contributed by atoms with Gasteiger partial charge < -0.3 is 19.4 Å². The summed E-state index contributed by atoms with van der Waals surface area (Å²) in [6, 6.07) is 2.83. The van der Waals surface area contributed by atoms with Gasteiger partial charge in [0, 0.05) is 81.8 Å². The molecule has 7 nitrogen and oxygen atoms in total. The number of fused-ring (bicyclic) bond motifs is 3. The molecule has 9 heteroatoms. The van der Waals surface area contributed by atoms with E-state index in [2.05, 4.69) is 32.3 Å². The Morgan fingerprint density at radius 1 is 1.11 bits per heavy atom. The maximum absolute atomic E-state index is 14.3. The van der Waals surface area contributed by atoms with Gasteiger partial charge in [0.2, 0.25) is 5.91 Å². The average Bonchev–Trinajstić information content (AvgIpc) is 3.05. The number of carbonyl (C=O) groups is 1. The third-order valence-corrected chi connectivity index (χ3v) is 9.61. The van der Waals surface area contributed by atoms with Gasteiger partial charge in [0.05, 0.1) is 6.61 Å². The molecule has 4 fully saturated rings. The molecule has 5 aliphatic rings. The van der Waals surface area contributed by atoms with Crippen LogP contribution in [0.4, 0.5) is 20.3 Å². The lowest BCUT2D eigenvalue weighted by Gasteiger charge is -2.55. The number of hydrogen-bond acceptors (Lipinski definition) is 6. The van der Waals surface area contributed by atoms with Crippen LogP contribution in [0.2, 0.25) is 0 Å². The zero-order chi connectivity index (χ0) is 25.6. The van der Waals surface area contributed by atoms with Gasteiger partial charge >= 0.3 is 0 Å². The fourth-order valence-corrected chi connectivity index (χ4v) is 7.34. The lowest BCUT2D eigenvalue weighted by Crippen LogP contribution is -2.69. The van der Waals surface area contributed by atoms with Gasteiger partial charge in [-0.15, -0.1) is 0 Å². The topological polar surface area (TPSA) is 52.2 Å². The SMILES string of the molecule is C=CC(=O)N1CCN(C2CN3c4cc(N5CCC6(CCCOC6)CC5)nc(C(F)F)c4CCCC23)CC1. The maximum Gasteiger partial charge on any atom is 0.280 e. The van der Waals surface area contributed by atoms with E-state index in [9.17, 15) is 13.6 Å². The third kappa shape index (κ3) is 4.62. The standard InChI is InChI=1S/C28H39F2N5O2/c1-2-25(36)34-14-12-32(13-15-34)23-18-35-21(23)6-3-5-20-22(35)17-24(31-26(20)27(29)30)33-10-8-28(9-11-33)7-4-16-37-19-28/h2,17,21,23,27H,1,3-16,18-19H2. The highest BCUT2D eigenvalue weighted by Gasteiger charge is 2.46. The van der Waals surface area contributed by atoms with E-state index in [0.29, 0.717) is 24.3 Å². The molecule has 0 saturated carbocycles. The Bertz CT molecular complexity index is 1010. The molecular weight excluding hydrogens is 476 g/mol. The monoisotopic (exact) mass is 515 g/mol. The van der Waals surface area contributed by atoms with Gasteiger partial charge in [-0.1, -0.05) is 6.58 Å². The zero-order valence-electron chi connectivity index (χ0n) is 21.7. The number of ether oxygens (including phenoxy) is 1. The smallest absolute Gasteiger partial charge is 0.280 e. The quantitative estimate of drug-likeness (QED) is 0.571. The maximum atomic E-state index is 14.3. The zero-order valence-corrected chi connectivity index (χ0v) is 21.7. The van der Waals surface area contributed by atoms with Gasteiger partial charge in [0.1, 0.15) is 11.5 Å². The molecular formula is C28H39F2N5O2. The van der Waals surface area contributed by atoms with Crippen molar-refractivity contribution >= 4 is 17.4 Å². The summed E-state index contributed by atoms with van der Waals surface area (Å²) in [5.41, 5.74) is 1.95. The second-order valence-corrected chi connectivity index (χ2v) is 11.6. The molecule has 1 aromatic rings. The molecule has 6 rings (SSSR count). The molecule has 0 N–H and O–H groups in total. The van der Waals surface area contributed by atoms with Gasteiger partial charge in [-0.2, -0.15) is 0 Å². The molecule has 1 aromatic heterocycles. The fourth-order valence-electron chi connectivity index (χ4n) is 7.34. The van der Waals surface area contributed by atoms with Gasteiger partial charge in [-0.3, -0.25) is 9.69 Å². The second-order valence-electron chi connectivity index (χ2n) is 11.6. The van der Waals surface area contributed by atoms with Crippen LogP contribution in [0.25, 0.3) is 0 Å². The Morgan fingerprint density at radius 3 is 2.57 bits per heavy atom. The minimum atomic E-state index is -2.57. The van der Waals surface area contributed by atoms with E-state index in [4.69, 9.17) is 4.74 Å². The molecule has 37 heavy (non-hydrogen) atoms. The molecule has 0 bridgehead atoms. The van der Waals surface area contributed by atoms with Crippen molar-refractivity contribution in [3.8, 4) is 0 Å². The summed E-state index contributed by atoms with van der Waals surface area (Å²) in [5, 5.41) is 0. The van der Waals surface area contributed by atoms with Crippen LogP contribution in [0.5, 0.6) is 0 Å². The van der Waals surface area contributed by atoms with E-state index in [1.165, 1.54) is 12.5 Å². The Balaban J connectivity index is 1.20. The first-order valence-electron chi connectivity index (χ1n) is 14.0. The normalized spacial score (nSPS) is 27.9. The van der Waals surface area contributed by atoms with Crippen molar-refractivity contribution < 1.29 is 18.3 Å². The number of halogens is 2. The van der Waals surface area contributed by atoms with E-state index in [-0.39, 0.29) is 17.0 Å². The molecule has 1 amide bonds. The highest BCUT2D eigenvalue weighted by atomic mass is 19.3. The van der Waals surface area contributed by atoms with Crippen LogP contribution in [0.3, 0.4) is 0 Å². The van der Waals surface area contributed by atoms with Crippen molar-refractivity contribution in [2.24, 2.45) is 5.41 Å². The minimum absolute atomic E-state index is 0.00233. The summed E-state index contributed by atoms with van der Waals surface area (Å²) in [7, 11) is 0. The Hall–Kier alpha value is -2.26. The summed E-state index contributed by atoms with van der Waals surface area (Å²) in [4.78, 5) is 25.5. The summed E-state index contributed by atoms with van der Waals surface area (Å²) < 4.78 is 34.4. The lowest BCUT2D eigenvalue weighted by atomic mass is 9.74. The van der Waals surface area contributed by atoms with Gasteiger partial charge in [0.25, 0.3) is 6.43 Å². The summed E-state index contributed by atoms with van der Waals surface area (Å²) in [6.45, 7) is 11.0. The van der Waals surface area contributed by atoms with Crippen LogP contribution in [0.15, 0.2) is 18.7 Å². The molecule has 0 aliphatic carbocycles. The largest absolute Gasteiger partial charge is 0.381 e. The number of piperidine rings is 1. The number of carbonyl (C=O) groups excluding carboxylic acids is 1. The Labute approximate surface area is 218 Å². The fraction of sp³-hybridized carbons (Fsp3) is 0.714. The Morgan fingerprint density at radius 2 is 1.89 bits per heavy atom. The Kier molecular flexibility index (Phi) is 6.86. The molecule has 2 unspecified atom stereocenters. The first-order chi connectivity index (χ1) is 18.0. The minimum Gasteiger partial charge on any atom is -0.381 e. The molecule has 6 heterocycles. The average molecular weight is 516 g/mol.